The standard InChI is InChI=1S/C27H31ClFN3O4/c1-16(33)7-5-4-6-8-25(27(35)31-18-9-11-23(29)22(28)13-18)32-26(34)15-20-17(2)30-24-12-10-19(36-3)14-21(20)24/h9-14,25,30H,4-8,15H2,1-3H3,(H,31,35)(H,32,34). The number of halogens is 2. The molecular formula is C27H31ClFN3O4. The number of methoxy groups -OCH3 is 1. The molecule has 2 amide bonds. The van der Waals surface area contributed by atoms with Crippen molar-refractivity contribution in [2.24, 2.45) is 0 Å². The first-order valence-electron chi connectivity index (χ1n) is 11.9. The molecule has 0 spiro atoms. The molecule has 3 rings (SSSR count). The number of aromatic nitrogens is 1. The SMILES string of the molecule is COc1ccc2[nH]c(C)c(CC(=O)NC(CCCCCC(C)=O)C(=O)Nc3ccc(F)c(Cl)c3)c2c1. The molecule has 1 aromatic heterocycles. The molecule has 0 aliphatic rings. The van der Waals surface area contributed by atoms with Crippen molar-refractivity contribution in [3.05, 3.63) is 58.5 Å². The lowest BCUT2D eigenvalue weighted by atomic mass is 10.0. The van der Waals surface area contributed by atoms with Gasteiger partial charge in [-0.3, -0.25) is 9.59 Å². The average molecular weight is 516 g/mol. The highest BCUT2D eigenvalue weighted by Gasteiger charge is 2.22. The zero-order valence-electron chi connectivity index (χ0n) is 20.7. The Morgan fingerprint density at radius 1 is 1.11 bits per heavy atom. The zero-order valence-corrected chi connectivity index (χ0v) is 21.4. The Balaban J connectivity index is 1.72. The summed E-state index contributed by atoms with van der Waals surface area (Å²) >= 11 is 5.83. The molecule has 192 valence electrons. The summed E-state index contributed by atoms with van der Waals surface area (Å²) in [5.41, 5.74) is 2.91. The molecule has 9 heteroatoms. The number of Topliss-reactive ketones (excluding diaryl/α,β-unsaturated/α-hetero) is 1. The lowest BCUT2D eigenvalue weighted by Crippen LogP contribution is -2.44. The molecule has 0 saturated carbocycles. The largest absolute Gasteiger partial charge is 0.497 e. The van der Waals surface area contributed by atoms with E-state index in [0.29, 0.717) is 30.7 Å². The van der Waals surface area contributed by atoms with E-state index in [1.165, 1.54) is 18.2 Å². The van der Waals surface area contributed by atoms with Gasteiger partial charge in [0.15, 0.2) is 0 Å². The van der Waals surface area contributed by atoms with Gasteiger partial charge in [-0.15, -0.1) is 0 Å². The van der Waals surface area contributed by atoms with Crippen molar-refractivity contribution in [1.29, 1.82) is 0 Å². The third-order valence-corrected chi connectivity index (χ3v) is 6.31. The first kappa shape index (κ1) is 27.2. The predicted molar refractivity (Wildman–Crippen MR) is 139 cm³/mol. The fourth-order valence-corrected chi connectivity index (χ4v) is 4.27. The number of ether oxygens (including phenoxy) is 1. The van der Waals surface area contributed by atoms with Gasteiger partial charge in [-0.2, -0.15) is 0 Å². The number of nitrogens with one attached hydrogen (secondary N) is 3. The Morgan fingerprint density at radius 2 is 1.89 bits per heavy atom. The molecule has 0 fully saturated rings. The number of amides is 2. The number of carbonyl (C=O) groups is 3. The van der Waals surface area contributed by atoms with E-state index >= 15 is 0 Å². The highest BCUT2D eigenvalue weighted by atomic mass is 35.5. The molecule has 0 aliphatic carbocycles. The first-order chi connectivity index (χ1) is 17.2. The second-order valence-electron chi connectivity index (χ2n) is 8.86. The van der Waals surface area contributed by atoms with Gasteiger partial charge in [-0.1, -0.05) is 24.4 Å². The maximum Gasteiger partial charge on any atom is 0.246 e. The first-order valence-corrected chi connectivity index (χ1v) is 12.3. The van der Waals surface area contributed by atoms with Crippen LogP contribution in [0.25, 0.3) is 10.9 Å². The number of fused-ring (bicyclic) bond motifs is 1. The van der Waals surface area contributed by atoms with Gasteiger partial charge in [0.25, 0.3) is 0 Å². The van der Waals surface area contributed by atoms with E-state index in [2.05, 4.69) is 15.6 Å². The summed E-state index contributed by atoms with van der Waals surface area (Å²) in [6.45, 7) is 3.44. The summed E-state index contributed by atoms with van der Waals surface area (Å²) in [4.78, 5) is 40.6. The second kappa shape index (κ2) is 12.5. The van der Waals surface area contributed by atoms with Crippen molar-refractivity contribution in [1.82, 2.24) is 10.3 Å². The Bertz CT molecular complexity index is 1260. The fraction of sp³-hybridized carbons (Fsp3) is 0.370. The Morgan fingerprint density at radius 3 is 2.58 bits per heavy atom. The number of anilines is 1. The number of hydrogen-bond acceptors (Lipinski definition) is 4. The normalized spacial score (nSPS) is 11.8. The van der Waals surface area contributed by atoms with Gasteiger partial charge in [0, 0.05) is 28.7 Å². The Hall–Kier alpha value is -3.39. The minimum atomic E-state index is -0.807. The van der Waals surface area contributed by atoms with E-state index in [4.69, 9.17) is 16.3 Å². The molecule has 3 aromatic rings. The van der Waals surface area contributed by atoms with Crippen molar-refractivity contribution in [3.63, 3.8) is 0 Å². The van der Waals surface area contributed by atoms with Crippen LogP contribution in [0.15, 0.2) is 36.4 Å². The molecule has 1 atom stereocenters. The molecule has 7 nitrogen and oxygen atoms in total. The van der Waals surface area contributed by atoms with Crippen LogP contribution < -0.4 is 15.4 Å². The molecule has 2 aromatic carbocycles. The van der Waals surface area contributed by atoms with Crippen LogP contribution in [-0.2, 0) is 20.8 Å². The van der Waals surface area contributed by atoms with E-state index in [9.17, 15) is 18.8 Å². The number of rotatable bonds is 12. The number of aromatic amines is 1. The van der Waals surface area contributed by atoms with Crippen LogP contribution in [0.5, 0.6) is 5.75 Å². The van der Waals surface area contributed by atoms with Crippen molar-refractivity contribution in [2.75, 3.05) is 12.4 Å². The summed E-state index contributed by atoms with van der Waals surface area (Å²) in [6, 6.07) is 8.71. The van der Waals surface area contributed by atoms with E-state index in [1.807, 2.05) is 25.1 Å². The molecule has 0 aliphatic heterocycles. The van der Waals surface area contributed by atoms with E-state index < -0.39 is 17.8 Å². The smallest absolute Gasteiger partial charge is 0.246 e. The van der Waals surface area contributed by atoms with Gasteiger partial charge in [0.05, 0.1) is 18.6 Å². The van der Waals surface area contributed by atoms with Crippen molar-refractivity contribution >= 4 is 45.8 Å². The number of unbranched alkanes of at least 4 members (excludes halogenated alkanes) is 2. The maximum absolute atomic E-state index is 13.5. The Kier molecular flexibility index (Phi) is 9.47. The highest BCUT2D eigenvalue weighted by Crippen LogP contribution is 2.27. The van der Waals surface area contributed by atoms with Gasteiger partial charge >= 0.3 is 0 Å². The highest BCUT2D eigenvalue weighted by molar-refractivity contribution is 6.31. The van der Waals surface area contributed by atoms with Gasteiger partial charge in [-0.25, -0.2) is 4.39 Å². The zero-order chi connectivity index (χ0) is 26.2. The average Bonchev–Trinajstić information content (AvgIpc) is 3.14. The number of ketones is 1. The minimum Gasteiger partial charge on any atom is -0.497 e. The van der Waals surface area contributed by atoms with Crippen LogP contribution in [-0.4, -0.2) is 35.7 Å². The number of aryl methyl sites for hydroxylation is 1. The summed E-state index contributed by atoms with van der Waals surface area (Å²) in [5, 5.41) is 6.33. The van der Waals surface area contributed by atoms with E-state index in [1.54, 1.807) is 14.0 Å². The number of hydrogen-bond donors (Lipinski definition) is 3. The fourth-order valence-electron chi connectivity index (χ4n) is 4.09. The van der Waals surface area contributed by atoms with Crippen LogP contribution in [0.4, 0.5) is 10.1 Å². The van der Waals surface area contributed by atoms with Gasteiger partial charge < -0.3 is 25.1 Å². The number of H-pyrrole nitrogens is 1. The summed E-state index contributed by atoms with van der Waals surface area (Å²) in [5.74, 6) is -0.506. The van der Waals surface area contributed by atoms with Gasteiger partial charge in [0.1, 0.15) is 23.4 Å². The second-order valence-corrected chi connectivity index (χ2v) is 9.26. The molecule has 1 heterocycles. The molecule has 3 N–H and O–H groups in total. The van der Waals surface area contributed by atoms with Gasteiger partial charge in [0.2, 0.25) is 11.8 Å². The van der Waals surface area contributed by atoms with Crippen LogP contribution >= 0.6 is 11.6 Å². The van der Waals surface area contributed by atoms with Crippen LogP contribution in [0.3, 0.4) is 0 Å². The summed E-state index contributed by atoms with van der Waals surface area (Å²) < 4.78 is 18.8. The van der Waals surface area contributed by atoms with Crippen LogP contribution in [0.1, 0.15) is 50.3 Å². The van der Waals surface area contributed by atoms with E-state index in [-0.39, 0.29) is 23.1 Å². The molecule has 0 saturated heterocycles. The third-order valence-electron chi connectivity index (χ3n) is 6.02. The molecular weight excluding hydrogens is 485 g/mol. The molecule has 36 heavy (non-hydrogen) atoms. The Labute approximate surface area is 214 Å². The monoisotopic (exact) mass is 515 g/mol. The van der Waals surface area contributed by atoms with Gasteiger partial charge in [-0.05, 0) is 68.7 Å². The minimum absolute atomic E-state index is 0.0789. The van der Waals surface area contributed by atoms with Crippen LogP contribution in [0, 0.1) is 12.7 Å². The van der Waals surface area contributed by atoms with Crippen molar-refractivity contribution < 1.29 is 23.5 Å². The summed E-state index contributed by atoms with van der Waals surface area (Å²) in [7, 11) is 1.58. The van der Waals surface area contributed by atoms with Crippen molar-refractivity contribution in [2.45, 2.75) is 58.4 Å². The molecule has 0 radical (unpaired) electrons. The third kappa shape index (κ3) is 7.31. The number of benzene rings is 2. The lowest BCUT2D eigenvalue weighted by Gasteiger charge is -2.19. The maximum atomic E-state index is 13.5. The predicted octanol–water partition coefficient (Wildman–Crippen LogP) is 5.48. The van der Waals surface area contributed by atoms with Crippen LogP contribution in [0.2, 0.25) is 5.02 Å². The molecule has 1 unspecified atom stereocenters. The van der Waals surface area contributed by atoms with Crippen molar-refractivity contribution in [3.8, 4) is 5.75 Å². The van der Waals surface area contributed by atoms with E-state index in [0.717, 1.165) is 35.0 Å². The quantitative estimate of drug-likeness (QED) is 0.278. The topological polar surface area (TPSA) is 100 Å². The molecule has 0 bridgehead atoms. The lowest BCUT2D eigenvalue weighted by molar-refractivity contribution is -0.126. The summed E-state index contributed by atoms with van der Waals surface area (Å²) in [6.07, 6.45) is 3.09. The number of carbonyl (C=O) groups excluding carboxylic acids is 3.